The third-order valence-electron chi connectivity index (χ3n) is 3.45. The average molecular weight is 390 g/mol. The van der Waals surface area contributed by atoms with Gasteiger partial charge in [-0.3, -0.25) is 9.36 Å². The molecule has 0 bridgehead atoms. The van der Waals surface area contributed by atoms with Gasteiger partial charge in [0.1, 0.15) is 16.0 Å². The Hall–Kier alpha value is -2.94. The molecular formula is C15H12BrN5O3. The van der Waals surface area contributed by atoms with Crippen molar-refractivity contribution in [2.45, 2.75) is 0 Å². The third kappa shape index (κ3) is 2.48. The molecule has 0 aliphatic heterocycles. The molecule has 3 aromatic heterocycles. The molecule has 0 aliphatic rings. The molecule has 0 atom stereocenters. The molecule has 0 aromatic carbocycles. The lowest BCUT2D eigenvalue weighted by Gasteiger charge is -2.14. The molecule has 0 aliphatic carbocycles. The molecule has 0 saturated heterocycles. The highest BCUT2D eigenvalue weighted by Gasteiger charge is 2.23. The number of carbonyl (C=O) groups is 1. The lowest BCUT2D eigenvalue weighted by Crippen LogP contribution is -2.28. The minimum absolute atomic E-state index is 0.0153. The molecule has 0 radical (unpaired) electrons. The Balaban J connectivity index is 2.50. The first kappa shape index (κ1) is 15.9. The van der Waals surface area contributed by atoms with Crippen molar-refractivity contribution < 1.29 is 9.53 Å². The summed E-state index contributed by atoms with van der Waals surface area (Å²) in [6.45, 7) is 0. The summed E-state index contributed by atoms with van der Waals surface area (Å²) in [5.74, 6) is -0.520. The van der Waals surface area contributed by atoms with Gasteiger partial charge in [0, 0.05) is 5.39 Å². The molecule has 0 amide bonds. The van der Waals surface area contributed by atoms with Crippen molar-refractivity contribution in [1.82, 2.24) is 14.5 Å². The van der Waals surface area contributed by atoms with Gasteiger partial charge in [-0.25, -0.2) is 14.8 Å². The summed E-state index contributed by atoms with van der Waals surface area (Å²) < 4.78 is 6.44. The number of hydrogen-bond acceptors (Lipinski definition) is 7. The molecule has 122 valence electrons. The van der Waals surface area contributed by atoms with Gasteiger partial charge in [0.2, 0.25) is 0 Å². The van der Waals surface area contributed by atoms with Crippen LogP contribution in [0.1, 0.15) is 10.4 Å². The van der Waals surface area contributed by atoms with Crippen molar-refractivity contribution in [2.75, 3.05) is 18.6 Å². The first-order chi connectivity index (χ1) is 11.4. The highest BCUT2D eigenvalue weighted by Crippen LogP contribution is 2.25. The Morgan fingerprint density at radius 2 is 2.00 bits per heavy atom. The van der Waals surface area contributed by atoms with Gasteiger partial charge in [0.05, 0.1) is 24.7 Å². The van der Waals surface area contributed by atoms with Crippen molar-refractivity contribution in [3.8, 4) is 5.69 Å². The maximum absolute atomic E-state index is 12.9. The van der Waals surface area contributed by atoms with Crippen LogP contribution in [0.4, 0.5) is 11.5 Å². The van der Waals surface area contributed by atoms with Crippen molar-refractivity contribution in [2.24, 2.45) is 0 Å². The molecule has 3 heterocycles. The van der Waals surface area contributed by atoms with Gasteiger partial charge in [-0.2, -0.15) is 0 Å². The maximum Gasteiger partial charge on any atom is 0.345 e. The number of rotatable bonds is 2. The molecular weight excluding hydrogens is 378 g/mol. The number of hydrogen-bond donors (Lipinski definition) is 2. The van der Waals surface area contributed by atoms with Crippen LogP contribution < -0.4 is 17.0 Å². The number of halogens is 1. The number of nitrogens with two attached hydrogens (primary N) is 2. The molecule has 3 aromatic rings. The number of nitrogen functional groups attached to an aromatic ring is 2. The Kier molecular flexibility index (Phi) is 3.94. The number of anilines is 2. The van der Waals surface area contributed by atoms with Crippen LogP contribution >= 0.6 is 15.9 Å². The van der Waals surface area contributed by atoms with Crippen LogP contribution in [0.15, 0.2) is 39.9 Å². The molecule has 4 N–H and O–H groups in total. The van der Waals surface area contributed by atoms with E-state index in [-0.39, 0.29) is 16.9 Å². The Morgan fingerprint density at radius 3 is 2.62 bits per heavy atom. The number of nitrogens with zero attached hydrogens (tertiary/aromatic N) is 3. The van der Waals surface area contributed by atoms with Crippen LogP contribution in [0, 0.1) is 0 Å². The molecule has 9 heteroatoms. The predicted octanol–water partition coefficient (Wildman–Crippen LogP) is 1.49. The lowest BCUT2D eigenvalue weighted by molar-refractivity contribution is 0.0600. The summed E-state index contributed by atoms with van der Waals surface area (Å²) in [6.07, 6.45) is 1.41. The fourth-order valence-corrected chi connectivity index (χ4v) is 2.63. The zero-order valence-corrected chi connectivity index (χ0v) is 14.1. The van der Waals surface area contributed by atoms with E-state index in [9.17, 15) is 9.59 Å². The van der Waals surface area contributed by atoms with Gasteiger partial charge >= 0.3 is 5.97 Å². The molecule has 0 spiro atoms. The summed E-state index contributed by atoms with van der Waals surface area (Å²) in [6, 6.07) is 6.47. The smallest absolute Gasteiger partial charge is 0.345 e. The van der Waals surface area contributed by atoms with E-state index in [1.807, 2.05) is 0 Å². The minimum atomic E-state index is -0.820. The van der Waals surface area contributed by atoms with Gasteiger partial charge in [-0.15, -0.1) is 0 Å². The Labute approximate surface area is 144 Å². The van der Waals surface area contributed by atoms with Crippen LogP contribution in [0.2, 0.25) is 0 Å². The van der Waals surface area contributed by atoms with Crippen LogP contribution in [-0.4, -0.2) is 27.6 Å². The third-order valence-corrected chi connectivity index (χ3v) is 3.89. The number of esters is 1. The molecule has 3 rings (SSSR count). The van der Waals surface area contributed by atoms with Crippen molar-refractivity contribution in [3.05, 3.63) is 51.0 Å². The van der Waals surface area contributed by atoms with E-state index in [1.165, 1.54) is 17.9 Å². The van der Waals surface area contributed by atoms with Crippen molar-refractivity contribution >= 4 is 44.4 Å². The van der Waals surface area contributed by atoms with Crippen molar-refractivity contribution in [1.29, 1.82) is 0 Å². The van der Waals surface area contributed by atoms with E-state index >= 15 is 0 Å². The number of fused-ring (bicyclic) bond motifs is 1. The van der Waals surface area contributed by atoms with E-state index in [0.29, 0.717) is 21.5 Å². The zero-order chi connectivity index (χ0) is 17.4. The zero-order valence-electron chi connectivity index (χ0n) is 12.5. The van der Waals surface area contributed by atoms with E-state index in [1.54, 1.807) is 24.3 Å². The summed E-state index contributed by atoms with van der Waals surface area (Å²) in [4.78, 5) is 33.2. The first-order valence-corrected chi connectivity index (χ1v) is 7.54. The number of methoxy groups -OCH3 is 1. The molecule has 24 heavy (non-hydrogen) atoms. The number of carbonyl (C=O) groups excluding carboxylic acids is 1. The topological polar surface area (TPSA) is 126 Å². The molecule has 0 saturated carbocycles. The van der Waals surface area contributed by atoms with E-state index in [0.717, 1.165) is 0 Å². The van der Waals surface area contributed by atoms with Crippen LogP contribution in [0.3, 0.4) is 0 Å². The van der Waals surface area contributed by atoms with Crippen LogP contribution in [0.5, 0.6) is 0 Å². The van der Waals surface area contributed by atoms with E-state index in [2.05, 4.69) is 30.6 Å². The van der Waals surface area contributed by atoms with Gasteiger partial charge in [-0.1, -0.05) is 0 Å². The van der Waals surface area contributed by atoms with E-state index < -0.39 is 11.5 Å². The normalized spacial score (nSPS) is 10.8. The van der Waals surface area contributed by atoms with Crippen LogP contribution in [0.25, 0.3) is 16.7 Å². The largest absolute Gasteiger partial charge is 0.465 e. The first-order valence-electron chi connectivity index (χ1n) is 6.75. The number of pyridine rings is 3. The number of ether oxygens (including phenoxy) is 1. The second-order valence-corrected chi connectivity index (χ2v) is 5.68. The fraction of sp³-hybridized carbons (Fsp3) is 0.0667. The van der Waals surface area contributed by atoms with Crippen LogP contribution in [-0.2, 0) is 4.74 Å². The van der Waals surface area contributed by atoms with Crippen molar-refractivity contribution in [3.63, 3.8) is 0 Å². The minimum Gasteiger partial charge on any atom is -0.465 e. The van der Waals surface area contributed by atoms with Gasteiger partial charge in [-0.05, 0) is 40.2 Å². The summed E-state index contributed by atoms with van der Waals surface area (Å²) in [7, 11) is 1.18. The molecule has 0 unspecified atom stereocenters. The summed E-state index contributed by atoms with van der Waals surface area (Å²) >= 11 is 3.27. The monoisotopic (exact) mass is 389 g/mol. The fourth-order valence-electron chi connectivity index (χ4n) is 2.33. The number of aromatic nitrogens is 3. The maximum atomic E-state index is 12.9. The quantitative estimate of drug-likeness (QED) is 0.502. The summed E-state index contributed by atoms with van der Waals surface area (Å²) in [5.41, 5.74) is 11.4. The highest BCUT2D eigenvalue weighted by atomic mass is 79.9. The van der Waals surface area contributed by atoms with Gasteiger partial charge in [0.25, 0.3) is 5.56 Å². The standard InChI is InChI=1S/C15H12BrN5O3/c1-24-15(23)11-12(18)8-3-4-9(16)20-13(8)21(14(11)22)7-2-5-10(17)19-6-7/h2-6H,18H2,1H3,(H2,17,19). The molecule has 8 nitrogen and oxygen atoms in total. The highest BCUT2D eigenvalue weighted by molar-refractivity contribution is 9.10. The van der Waals surface area contributed by atoms with E-state index in [4.69, 9.17) is 11.5 Å². The SMILES string of the molecule is COC(=O)c1c(N)c2ccc(Br)nc2n(-c2ccc(N)nc2)c1=O. The Bertz CT molecular complexity index is 1010. The van der Waals surface area contributed by atoms with Gasteiger partial charge in [0.15, 0.2) is 5.65 Å². The second kappa shape index (κ2) is 5.93. The average Bonchev–Trinajstić information content (AvgIpc) is 2.56. The predicted molar refractivity (Wildman–Crippen MR) is 93.0 cm³/mol. The lowest BCUT2D eigenvalue weighted by atomic mass is 10.1. The second-order valence-electron chi connectivity index (χ2n) is 4.87. The van der Waals surface area contributed by atoms with Gasteiger partial charge < -0.3 is 16.2 Å². The molecule has 0 fully saturated rings. The Morgan fingerprint density at radius 1 is 1.25 bits per heavy atom. The summed E-state index contributed by atoms with van der Waals surface area (Å²) in [5, 5.41) is 0.440.